The van der Waals surface area contributed by atoms with Gasteiger partial charge in [-0.3, -0.25) is 4.79 Å². The van der Waals surface area contributed by atoms with E-state index in [-0.39, 0.29) is 11.8 Å². The lowest BCUT2D eigenvalue weighted by atomic mass is 9.94. The Morgan fingerprint density at radius 2 is 1.97 bits per heavy atom. The van der Waals surface area contributed by atoms with Crippen molar-refractivity contribution in [2.24, 2.45) is 0 Å². The largest absolute Gasteiger partial charge is 0.353 e. The van der Waals surface area contributed by atoms with E-state index in [2.05, 4.69) is 66.7 Å². The van der Waals surface area contributed by atoms with Gasteiger partial charge in [0.1, 0.15) is 12.1 Å². The van der Waals surface area contributed by atoms with E-state index in [1.54, 1.807) is 17.7 Å². The van der Waals surface area contributed by atoms with E-state index >= 15 is 0 Å². The number of rotatable bonds is 4. The highest BCUT2D eigenvalue weighted by molar-refractivity contribution is 9.11. The first-order valence-corrected chi connectivity index (χ1v) is 13.0. The summed E-state index contributed by atoms with van der Waals surface area (Å²) in [6.45, 7) is 6.54. The van der Waals surface area contributed by atoms with E-state index in [1.165, 1.54) is 22.6 Å². The Morgan fingerprint density at radius 3 is 2.65 bits per heavy atom. The highest BCUT2D eigenvalue weighted by Gasteiger charge is 2.39. The van der Waals surface area contributed by atoms with Crippen LogP contribution < -0.4 is 4.90 Å². The van der Waals surface area contributed by atoms with Crippen LogP contribution in [0, 0.1) is 0 Å². The smallest absolute Gasteiger partial charge is 0.232 e. The maximum absolute atomic E-state index is 13.8. The number of likely N-dealkylation sites (N-methyl/N-ethyl adjacent to an activating group) is 1. The topological polar surface area (TPSA) is 52.6 Å². The van der Waals surface area contributed by atoms with Crippen LogP contribution in [-0.2, 0) is 11.2 Å². The second-order valence-corrected chi connectivity index (χ2v) is 11.6. The van der Waals surface area contributed by atoms with E-state index in [0.29, 0.717) is 12.0 Å². The number of fused-ring (bicyclic) bond motifs is 1. The molecule has 3 unspecified atom stereocenters. The van der Waals surface area contributed by atoms with E-state index in [0.717, 1.165) is 61.6 Å². The Morgan fingerprint density at radius 1 is 1.16 bits per heavy atom. The monoisotopic (exact) mass is 503 g/mol. The van der Waals surface area contributed by atoms with Crippen molar-refractivity contribution < 1.29 is 4.79 Å². The number of thiophene rings is 1. The van der Waals surface area contributed by atoms with E-state index in [9.17, 15) is 4.79 Å². The zero-order valence-corrected chi connectivity index (χ0v) is 20.7. The van der Waals surface area contributed by atoms with Gasteiger partial charge >= 0.3 is 0 Å². The normalized spacial score (nSPS) is 25.1. The summed E-state index contributed by atoms with van der Waals surface area (Å²) >= 11 is 5.30. The first kappa shape index (κ1) is 21.3. The molecule has 31 heavy (non-hydrogen) atoms. The van der Waals surface area contributed by atoms with Crippen molar-refractivity contribution in [3.8, 4) is 0 Å². The Kier molecular flexibility index (Phi) is 6.05. The van der Waals surface area contributed by atoms with Gasteiger partial charge in [0.05, 0.1) is 9.70 Å². The van der Waals surface area contributed by atoms with Gasteiger partial charge in [-0.25, -0.2) is 9.97 Å². The third kappa shape index (κ3) is 4.02. The SMILES string of the molecule is CC1CCc2ncnc(N3CCN(C(=O)C(c4ccc(Br)s4)C4CCCN4C)CC3)c21. The molecule has 1 aliphatic carbocycles. The van der Waals surface area contributed by atoms with Crippen LogP contribution in [-0.4, -0.2) is 71.5 Å². The van der Waals surface area contributed by atoms with Gasteiger partial charge < -0.3 is 14.7 Å². The average Bonchev–Trinajstić information content (AvgIpc) is 3.50. The second-order valence-electron chi connectivity index (χ2n) is 9.12. The summed E-state index contributed by atoms with van der Waals surface area (Å²) in [5.74, 6) is 1.83. The van der Waals surface area contributed by atoms with Crippen molar-refractivity contribution in [2.75, 3.05) is 44.7 Å². The van der Waals surface area contributed by atoms with Gasteiger partial charge in [-0.05, 0) is 73.3 Å². The summed E-state index contributed by atoms with van der Waals surface area (Å²) in [5, 5.41) is 0. The standard InChI is InChI=1S/C23H30BrN5OS/c1-15-5-6-16-20(15)22(26-14-25-16)28-10-12-29(13-11-28)23(30)21(17-4-3-9-27(17)2)18-7-8-19(24)31-18/h7-8,14-15,17,21H,3-6,9-13H2,1-2H3. The number of aromatic nitrogens is 2. The molecule has 4 heterocycles. The molecule has 2 aromatic rings. The van der Waals surface area contributed by atoms with E-state index in [1.807, 2.05) is 0 Å². The fraction of sp³-hybridized carbons (Fsp3) is 0.609. The van der Waals surface area contributed by atoms with Crippen LogP contribution in [0.5, 0.6) is 0 Å². The average molecular weight is 504 g/mol. The highest BCUT2D eigenvalue weighted by Crippen LogP contribution is 2.39. The number of carbonyl (C=O) groups excluding carboxylic acids is 1. The molecule has 5 rings (SSSR count). The number of halogens is 1. The quantitative estimate of drug-likeness (QED) is 0.633. The molecular weight excluding hydrogens is 474 g/mol. The Labute approximate surface area is 196 Å². The number of aryl methyl sites for hydroxylation is 1. The maximum Gasteiger partial charge on any atom is 0.232 e. The van der Waals surface area contributed by atoms with E-state index < -0.39 is 0 Å². The number of hydrogen-bond donors (Lipinski definition) is 0. The first-order chi connectivity index (χ1) is 15.0. The molecule has 1 amide bonds. The van der Waals surface area contributed by atoms with Crippen LogP contribution in [0.25, 0.3) is 0 Å². The van der Waals surface area contributed by atoms with E-state index in [4.69, 9.17) is 0 Å². The van der Waals surface area contributed by atoms with Crippen molar-refractivity contribution in [1.29, 1.82) is 0 Å². The van der Waals surface area contributed by atoms with Crippen molar-refractivity contribution in [2.45, 2.75) is 50.5 Å². The number of nitrogens with zero attached hydrogens (tertiary/aromatic N) is 5. The summed E-state index contributed by atoms with van der Waals surface area (Å²) < 4.78 is 1.09. The molecule has 3 atom stereocenters. The minimum atomic E-state index is -0.0707. The second kappa shape index (κ2) is 8.79. The van der Waals surface area contributed by atoms with Crippen molar-refractivity contribution in [3.05, 3.63) is 38.4 Å². The molecule has 2 aromatic heterocycles. The van der Waals surface area contributed by atoms with Gasteiger partial charge in [0.2, 0.25) is 5.91 Å². The summed E-state index contributed by atoms with van der Waals surface area (Å²) in [6, 6.07) is 4.50. The molecule has 2 fully saturated rings. The highest BCUT2D eigenvalue weighted by atomic mass is 79.9. The Bertz CT molecular complexity index is 957. The molecule has 6 nitrogen and oxygen atoms in total. The van der Waals surface area contributed by atoms with Crippen LogP contribution in [0.2, 0.25) is 0 Å². The van der Waals surface area contributed by atoms with Gasteiger partial charge in [0.15, 0.2) is 0 Å². The van der Waals surface area contributed by atoms with Crippen molar-refractivity contribution in [3.63, 3.8) is 0 Å². The maximum atomic E-state index is 13.8. The minimum absolute atomic E-state index is 0.0707. The summed E-state index contributed by atoms with van der Waals surface area (Å²) in [7, 11) is 2.16. The zero-order chi connectivity index (χ0) is 21.5. The molecule has 0 aromatic carbocycles. The number of amides is 1. The van der Waals surface area contributed by atoms with Crippen LogP contribution in [0.15, 0.2) is 22.2 Å². The molecule has 3 aliphatic rings. The number of carbonyl (C=O) groups is 1. The van der Waals surface area contributed by atoms with Gasteiger partial charge in [0.25, 0.3) is 0 Å². The molecule has 0 N–H and O–H groups in total. The van der Waals surface area contributed by atoms with Gasteiger partial charge in [-0.15, -0.1) is 11.3 Å². The lowest BCUT2D eigenvalue weighted by Gasteiger charge is -2.39. The summed E-state index contributed by atoms with van der Waals surface area (Å²) in [4.78, 5) is 30.9. The summed E-state index contributed by atoms with van der Waals surface area (Å²) in [5.41, 5.74) is 2.54. The summed E-state index contributed by atoms with van der Waals surface area (Å²) in [6.07, 6.45) is 6.18. The number of hydrogen-bond acceptors (Lipinski definition) is 6. The number of anilines is 1. The molecular formula is C23H30BrN5OS. The molecule has 2 saturated heterocycles. The molecule has 2 aliphatic heterocycles. The van der Waals surface area contributed by atoms with Crippen LogP contribution >= 0.6 is 27.3 Å². The lowest BCUT2D eigenvalue weighted by molar-refractivity contribution is -0.134. The third-order valence-electron chi connectivity index (χ3n) is 7.27. The Hall–Kier alpha value is -1.51. The fourth-order valence-electron chi connectivity index (χ4n) is 5.54. The van der Waals surface area contributed by atoms with Crippen LogP contribution in [0.3, 0.4) is 0 Å². The van der Waals surface area contributed by atoms with Crippen LogP contribution in [0.4, 0.5) is 5.82 Å². The third-order valence-corrected chi connectivity index (χ3v) is 8.98. The molecule has 8 heteroatoms. The minimum Gasteiger partial charge on any atom is -0.353 e. The predicted molar refractivity (Wildman–Crippen MR) is 128 cm³/mol. The lowest BCUT2D eigenvalue weighted by Crippen LogP contribution is -2.52. The molecule has 0 radical (unpaired) electrons. The van der Waals surface area contributed by atoms with Crippen molar-refractivity contribution in [1.82, 2.24) is 19.8 Å². The zero-order valence-electron chi connectivity index (χ0n) is 18.3. The number of piperazine rings is 1. The molecule has 166 valence electrons. The van der Waals surface area contributed by atoms with Gasteiger partial charge in [-0.1, -0.05) is 6.92 Å². The predicted octanol–water partition coefficient (Wildman–Crippen LogP) is 3.88. The van der Waals surface area contributed by atoms with Crippen molar-refractivity contribution >= 4 is 39.0 Å². The van der Waals surface area contributed by atoms with Gasteiger partial charge in [-0.2, -0.15) is 0 Å². The fourth-order valence-corrected chi connectivity index (χ4v) is 7.11. The van der Waals surface area contributed by atoms with Gasteiger partial charge in [0, 0.05) is 48.4 Å². The molecule has 0 spiro atoms. The first-order valence-electron chi connectivity index (χ1n) is 11.4. The molecule has 0 saturated carbocycles. The van der Waals surface area contributed by atoms with Crippen LogP contribution in [0.1, 0.15) is 54.2 Å². The number of likely N-dealkylation sites (tertiary alicyclic amines) is 1. The Balaban J connectivity index is 1.33. The molecule has 0 bridgehead atoms.